The molecule has 0 bridgehead atoms. The highest BCUT2D eigenvalue weighted by Crippen LogP contribution is 2.17. The normalized spacial score (nSPS) is 13.0. The van der Waals surface area contributed by atoms with Crippen molar-refractivity contribution in [2.75, 3.05) is 5.32 Å². The molecule has 0 spiro atoms. The van der Waals surface area contributed by atoms with Crippen molar-refractivity contribution < 1.29 is 9.72 Å². The molecule has 0 saturated heterocycles. The van der Waals surface area contributed by atoms with Crippen molar-refractivity contribution in [2.24, 2.45) is 11.7 Å². The Morgan fingerprint density at radius 2 is 2.16 bits per heavy atom. The SMILES string of the molecule is CCC(C)C(N)C(=O)Nc1cccc([N+](=O)[O-])c1.Cl. The van der Waals surface area contributed by atoms with E-state index in [-0.39, 0.29) is 29.9 Å². The van der Waals surface area contributed by atoms with E-state index in [1.807, 2.05) is 13.8 Å². The van der Waals surface area contributed by atoms with Gasteiger partial charge in [-0.25, -0.2) is 0 Å². The van der Waals surface area contributed by atoms with Gasteiger partial charge in [0.1, 0.15) is 0 Å². The lowest BCUT2D eigenvalue weighted by atomic mass is 9.99. The van der Waals surface area contributed by atoms with E-state index in [1.54, 1.807) is 6.07 Å². The fourth-order valence-electron chi connectivity index (χ4n) is 1.44. The Morgan fingerprint density at radius 3 is 2.68 bits per heavy atom. The summed E-state index contributed by atoms with van der Waals surface area (Å²) in [7, 11) is 0. The molecule has 0 aliphatic heterocycles. The summed E-state index contributed by atoms with van der Waals surface area (Å²) in [6.07, 6.45) is 0.795. The standard InChI is InChI=1S/C12H17N3O3.ClH/c1-3-8(2)11(13)12(16)14-9-5-4-6-10(7-9)15(17)18;/h4-8,11H,3,13H2,1-2H3,(H,14,16);1H. The number of carbonyl (C=O) groups excluding carboxylic acids is 1. The Balaban J connectivity index is 0.00000324. The summed E-state index contributed by atoms with van der Waals surface area (Å²) in [5.41, 5.74) is 6.09. The minimum absolute atomic E-state index is 0. The summed E-state index contributed by atoms with van der Waals surface area (Å²) in [6, 6.07) is 5.16. The van der Waals surface area contributed by atoms with Crippen molar-refractivity contribution in [3.8, 4) is 0 Å². The zero-order valence-corrected chi connectivity index (χ0v) is 11.6. The number of benzene rings is 1. The summed E-state index contributed by atoms with van der Waals surface area (Å²) in [4.78, 5) is 21.9. The number of hydrogen-bond donors (Lipinski definition) is 2. The van der Waals surface area contributed by atoms with E-state index in [0.29, 0.717) is 5.69 Å². The predicted octanol–water partition coefficient (Wildman–Crippen LogP) is 2.33. The molecule has 1 aromatic carbocycles. The largest absolute Gasteiger partial charge is 0.324 e. The van der Waals surface area contributed by atoms with Crippen LogP contribution in [0.15, 0.2) is 24.3 Å². The molecule has 106 valence electrons. The number of rotatable bonds is 5. The van der Waals surface area contributed by atoms with E-state index in [2.05, 4.69) is 5.32 Å². The van der Waals surface area contributed by atoms with Crippen molar-refractivity contribution in [1.82, 2.24) is 0 Å². The highest BCUT2D eigenvalue weighted by molar-refractivity contribution is 5.95. The molecule has 0 fully saturated rings. The van der Waals surface area contributed by atoms with Crippen LogP contribution in [-0.2, 0) is 4.79 Å². The summed E-state index contributed by atoms with van der Waals surface area (Å²) in [5.74, 6) is -0.270. The minimum atomic E-state index is -0.616. The van der Waals surface area contributed by atoms with Crippen LogP contribution < -0.4 is 11.1 Å². The predicted molar refractivity (Wildman–Crippen MR) is 76.4 cm³/mol. The average molecular weight is 288 g/mol. The molecule has 0 radical (unpaired) electrons. The first kappa shape index (κ1) is 17.3. The molecule has 1 rings (SSSR count). The third kappa shape index (κ3) is 4.84. The Labute approximate surface area is 117 Å². The molecule has 0 aliphatic rings. The van der Waals surface area contributed by atoms with Gasteiger partial charge in [-0.1, -0.05) is 26.3 Å². The lowest BCUT2D eigenvalue weighted by molar-refractivity contribution is -0.384. The van der Waals surface area contributed by atoms with Gasteiger partial charge in [0, 0.05) is 17.8 Å². The number of non-ortho nitro benzene ring substituents is 1. The highest BCUT2D eigenvalue weighted by atomic mass is 35.5. The van der Waals surface area contributed by atoms with Gasteiger partial charge in [-0.2, -0.15) is 0 Å². The Hall–Kier alpha value is -1.66. The third-order valence-corrected chi connectivity index (χ3v) is 2.88. The van der Waals surface area contributed by atoms with Crippen molar-refractivity contribution in [1.29, 1.82) is 0 Å². The first-order chi connectivity index (χ1) is 8.45. The summed E-state index contributed by atoms with van der Waals surface area (Å²) < 4.78 is 0. The zero-order chi connectivity index (χ0) is 13.7. The van der Waals surface area contributed by atoms with Gasteiger partial charge in [-0.05, 0) is 12.0 Å². The van der Waals surface area contributed by atoms with Crippen LogP contribution in [0.4, 0.5) is 11.4 Å². The van der Waals surface area contributed by atoms with Gasteiger partial charge in [0.25, 0.3) is 5.69 Å². The van der Waals surface area contributed by atoms with E-state index in [1.165, 1.54) is 18.2 Å². The first-order valence-electron chi connectivity index (χ1n) is 5.76. The van der Waals surface area contributed by atoms with E-state index < -0.39 is 11.0 Å². The second-order valence-electron chi connectivity index (χ2n) is 4.21. The van der Waals surface area contributed by atoms with E-state index in [4.69, 9.17) is 5.73 Å². The molecule has 0 aromatic heterocycles. The molecule has 7 heteroatoms. The van der Waals surface area contributed by atoms with E-state index in [9.17, 15) is 14.9 Å². The number of hydrogen-bond acceptors (Lipinski definition) is 4. The monoisotopic (exact) mass is 287 g/mol. The molecule has 6 nitrogen and oxygen atoms in total. The number of nitrogens with two attached hydrogens (primary N) is 1. The number of nitro groups is 1. The van der Waals surface area contributed by atoms with Gasteiger partial charge >= 0.3 is 0 Å². The minimum Gasteiger partial charge on any atom is -0.324 e. The lowest BCUT2D eigenvalue weighted by Gasteiger charge is -2.17. The molecule has 19 heavy (non-hydrogen) atoms. The quantitative estimate of drug-likeness (QED) is 0.641. The van der Waals surface area contributed by atoms with Crippen LogP contribution in [0.1, 0.15) is 20.3 Å². The number of anilines is 1. The Bertz CT molecular complexity index is 454. The summed E-state index contributed by atoms with van der Waals surface area (Å²) in [5, 5.41) is 13.2. The fourth-order valence-corrected chi connectivity index (χ4v) is 1.44. The van der Waals surface area contributed by atoms with Crippen LogP contribution in [0, 0.1) is 16.0 Å². The number of carbonyl (C=O) groups is 1. The van der Waals surface area contributed by atoms with E-state index in [0.717, 1.165) is 6.42 Å². The second-order valence-corrected chi connectivity index (χ2v) is 4.21. The van der Waals surface area contributed by atoms with Crippen molar-refractivity contribution >= 4 is 29.7 Å². The Kier molecular flexibility index (Phi) is 7.03. The molecule has 1 aromatic rings. The molecular formula is C12H18ClN3O3. The average Bonchev–Trinajstić information content (AvgIpc) is 2.37. The molecule has 3 N–H and O–H groups in total. The third-order valence-electron chi connectivity index (χ3n) is 2.88. The van der Waals surface area contributed by atoms with Crippen molar-refractivity contribution in [2.45, 2.75) is 26.3 Å². The van der Waals surface area contributed by atoms with Gasteiger partial charge in [0.15, 0.2) is 0 Å². The number of nitrogens with zero attached hydrogens (tertiary/aromatic N) is 1. The second kappa shape index (κ2) is 7.70. The maximum atomic E-state index is 11.8. The van der Waals surface area contributed by atoms with Crippen LogP contribution in [0.5, 0.6) is 0 Å². The fraction of sp³-hybridized carbons (Fsp3) is 0.417. The highest BCUT2D eigenvalue weighted by Gasteiger charge is 2.19. The maximum Gasteiger partial charge on any atom is 0.271 e. The van der Waals surface area contributed by atoms with Gasteiger partial charge < -0.3 is 11.1 Å². The van der Waals surface area contributed by atoms with E-state index >= 15 is 0 Å². The molecule has 2 unspecified atom stereocenters. The van der Waals surface area contributed by atoms with Crippen LogP contribution >= 0.6 is 12.4 Å². The first-order valence-corrected chi connectivity index (χ1v) is 5.76. The van der Waals surface area contributed by atoms with Gasteiger partial charge in [0.2, 0.25) is 5.91 Å². The van der Waals surface area contributed by atoms with Crippen LogP contribution in [0.3, 0.4) is 0 Å². The topological polar surface area (TPSA) is 98.3 Å². The zero-order valence-electron chi connectivity index (χ0n) is 10.8. The summed E-state index contributed by atoms with van der Waals surface area (Å²) >= 11 is 0. The molecule has 0 saturated carbocycles. The summed E-state index contributed by atoms with van der Waals surface area (Å²) in [6.45, 7) is 3.84. The molecule has 2 atom stereocenters. The Morgan fingerprint density at radius 1 is 1.53 bits per heavy atom. The number of nitro benzene ring substituents is 1. The van der Waals surface area contributed by atoms with Gasteiger partial charge in [-0.15, -0.1) is 12.4 Å². The number of nitrogens with one attached hydrogen (secondary N) is 1. The molecular weight excluding hydrogens is 270 g/mol. The maximum absolute atomic E-state index is 11.8. The smallest absolute Gasteiger partial charge is 0.271 e. The number of amides is 1. The van der Waals surface area contributed by atoms with Crippen LogP contribution in [-0.4, -0.2) is 16.9 Å². The van der Waals surface area contributed by atoms with Gasteiger partial charge in [-0.3, -0.25) is 14.9 Å². The van der Waals surface area contributed by atoms with Crippen molar-refractivity contribution in [3.05, 3.63) is 34.4 Å². The van der Waals surface area contributed by atoms with Crippen molar-refractivity contribution in [3.63, 3.8) is 0 Å². The van der Waals surface area contributed by atoms with Crippen LogP contribution in [0.25, 0.3) is 0 Å². The molecule has 1 amide bonds. The van der Waals surface area contributed by atoms with Gasteiger partial charge in [0.05, 0.1) is 11.0 Å². The molecule has 0 heterocycles. The molecule has 0 aliphatic carbocycles. The van der Waals surface area contributed by atoms with Crippen LogP contribution in [0.2, 0.25) is 0 Å². The number of halogens is 1. The lowest BCUT2D eigenvalue weighted by Crippen LogP contribution is -2.40.